The highest BCUT2D eigenvalue weighted by atomic mass is 16.5. The second-order valence-electron chi connectivity index (χ2n) is 7.13. The fourth-order valence-corrected chi connectivity index (χ4v) is 3.17. The summed E-state index contributed by atoms with van der Waals surface area (Å²) in [5, 5.41) is 5.32. The summed E-state index contributed by atoms with van der Waals surface area (Å²) in [6.07, 6.45) is 1.58. The lowest BCUT2D eigenvalue weighted by atomic mass is 10.1. The Morgan fingerprint density at radius 2 is 1.87 bits per heavy atom. The number of carbonyl (C=O) groups excluding carboxylic acids is 2. The lowest BCUT2D eigenvalue weighted by Gasteiger charge is -2.18. The van der Waals surface area contributed by atoms with Gasteiger partial charge in [-0.3, -0.25) is 4.79 Å². The average molecular weight is 419 g/mol. The van der Waals surface area contributed by atoms with Gasteiger partial charge in [-0.15, -0.1) is 0 Å². The van der Waals surface area contributed by atoms with Crippen LogP contribution in [0, 0.1) is 0 Å². The van der Waals surface area contributed by atoms with Gasteiger partial charge in [0.15, 0.2) is 5.75 Å². The van der Waals surface area contributed by atoms with Crippen molar-refractivity contribution in [1.29, 1.82) is 0 Å². The molecule has 1 aliphatic heterocycles. The summed E-state index contributed by atoms with van der Waals surface area (Å²) < 4.78 is 12.7. The summed E-state index contributed by atoms with van der Waals surface area (Å²) in [6.45, 7) is 0.612. The summed E-state index contributed by atoms with van der Waals surface area (Å²) in [5.41, 5.74) is 2.97. The van der Waals surface area contributed by atoms with E-state index in [9.17, 15) is 14.4 Å². The molecule has 2 aromatic carbocycles. The Kier molecular flexibility index (Phi) is 5.70. The molecule has 2 heterocycles. The molecule has 0 saturated heterocycles. The van der Waals surface area contributed by atoms with Gasteiger partial charge in [-0.05, 0) is 23.3 Å². The minimum absolute atomic E-state index is 0.0749. The van der Waals surface area contributed by atoms with Crippen molar-refractivity contribution in [1.82, 2.24) is 9.88 Å². The predicted molar refractivity (Wildman–Crippen MR) is 114 cm³/mol. The standard InChI is InChI=1S/C23H21N3O5/c1-26-12-21(30-13-15-5-3-2-4-6-15)20(27)10-18(26)14-31-22(28)16-7-8-17-11-24-23(29)25-19(17)9-16/h2-10,12H,11,13-14H2,1H3,(H2,24,25,29). The van der Waals surface area contributed by atoms with Crippen LogP contribution in [0.1, 0.15) is 27.2 Å². The molecule has 0 unspecified atom stereocenters. The molecule has 158 valence electrons. The fraction of sp³-hybridized carbons (Fsp3) is 0.174. The van der Waals surface area contributed by atoms with Crippen molar-refractivity contribution in [3.63, 3.8) is 0 Å². The molecule has 8 nitrogen and oxygen atoms in total. The van der Waals surface area contributed by atoms with Crippen molar-refractivity contribution in [3.8, 4) is 5.75 Å². The number of pyridine rings is 1. The molecule has 8 heteroatoms. The monoisotopic (exact) mass is 419 g/mol. The number of anilines is 1. The Labute approximate surface area is 178 Å². The van der Waals surface area contributed by atoms with Crippen molar-refractivity contribution < 1.29 is 19.1 Å². The molecule has 31 heavy (non-hydrogen) atoms. The third kappa shape index (κ3) is 4.75. The average Bonchev–Trinajstić information content (AvgIpc) is 2.78. The first-order valence-corrected chi connectivity index (χ1v) is 9.71. The minimum atomic E-state index is -0.549. The van der Waals surface area contributed by atoms with Crippen LogP contribution < -0.4 is 20.8 Å². The van der Waals surface area contributed by atoms with Crippen LogP contribution in [0.5, 0.6) is 5.75 Å². The first kappa shape index (κ1) is 20.2. The van der Waals surface area contributed by atoms with Crippen LogP contribution in [0.4, 0.5) is 10.5 Å². The smallest absolute Gasteiger partial charge is 0.338 e. The van der Waals surface area contributed by atoms with Gasteiger partial charge < -0.3 is 24.7 Å². The van der Waals surface area contributed by atoms with Crippen LogP contribution in [0.15, 0.2) is 65.6 Å². The Balaban J connectivity index is 1.41. The number of hydrogen-bond donors (Lipinski definition) is 2. The second kappa shape index (κ2) is 8.74. The molecule has 0 aliphatic carbocycles. The molecule has 4 rings (SSSR count). The SMILES string of the molecule is Cn1cc(OCc2ccccc2)c(=O)cc1COC(=O)c1ccc2c(c1)NC(=O)NC2. The zero-order valence-electron chi connectivity index (χ0n) is 16.9. The zero-order valence-corrected chi connectivity index (χ0v) is 16.9. The van der Waals surface area contributed by atoms with E-state index >= 15 is 0 Å². The molecule has 3 aromatic rings. The molecule has 0 fully saturated rings. The Bertz CT molecular complexity index is 1190. The third-order valence-corrected chi connectivity index (χ3v) is 4.93. The van der Waals surface area contributed by atoms with Crippen LogP contribution in [-0.2, 0) is 31.5 Å². The molecular formula is C23H21N3O5. The summed E-state index contributed by atoms with van der Waals surface area (Å²) in [7, 11) is 1.75. The number of benzene rings is 2. The van der Waals surface area contributed by atoms with E-state index in [1.54, 1.807) is 36.0 Å². The van der Waals surface area contributed by atoms with Crippen molar-refractivity contribution >= 4 is 17.7 Å². The van der Waals surface area contributed by atoms with Crippen molar-refractivity contribution in [2.24, 2.45) is 7.05 Å². The van der Waals surface area contributed by atoms with Gasteiger partial charge in [-0.1, -0.05) is 36.4 Å². The van der Waals surface area contributed by atoms with E-state index in [1.165, 1.54) is 6.07 Å². The van der Waals surface area contributed by atoms with Gasteiger partial charge in [0.2, 0.25) is 5.43 Å². The van der Waals surface area contributed by atoms with Crippen molar-refractivity contribution in [3.05, 3.63) is 93.4 Å². The number of amides is 2. The maximum absolute atomic E-state index is 12.4. The van der Waals surface area contributed by atoms with Gasteiger partial charge in [-0.2, -0.15) is 0 Å². The van der Waals surface area contributed by atoms with Gasteiger partial charge in [0.25, 0.3) is 0 Å². The fourth-order valence-electron chi connectivity index (χ4n) is 3.17. The van der Waals surface area contributed by atoms with E-state index in [4.69, 9.17) is 9.47 Å². The van der Waals surface area contributed by atoms with Crippen molar-refractivity contribution in [2.75, 3.05) is 5.32 Å². The first-order chi connectivity index (χ1) is 15.0. The molecule has 0 spiro atoms. The summed E-state index contributed by atoms with van der Waals surface area (Å²) in [5.74, 6) is -0.326. The Morgan fingerprint density at radius 3 is 2.68 bits per heavy atom. The van der Waals surface area contributed by atoms with E-state index in [0.717, 1.165) is 11.1 Å². The normalized spacial score (nSPS) is 12.4. The number of aromatic nitrogens is 1. The lowest BCUT2D eigenvalue weighted by Crippen LogP contribution is -2.33. The predicted octanol–water partition coefficient (Wildman–Crippen LogP) is 2.96. The highest BCUT2D eigenvalue weighted by molar-refractivity contribution is 5.96. The van der Waals surface area contributed by atoms with Crippen LogP contribution in [0.25, 0.3) is 0 Å². The van der Waals surface area contributed by atoms with Crippen LogP contribution in [0.2, 0.25) is 0 Å². The highest BCUT2D eigenvalue weighted by Crippen LogP contribution is 2.21. The van der Waals surface area contributed by atoms with Gasteiger partial charge in [0.1, 0.15) is 13.2 Å². The van der Waals surface area contributed by atoms with Crippen LogP contribution in [-0.4, -0.2) is 16.6 Å². The molecule has 2 amide bonds. The Hall–Kier alpha value is -4.07. The number of ether oxygens (including phenoxy) is 2. The number of hydrogen-bond acceptors (Lipinski definition) is 5. The number of urea groups is 1. The molecule has 0 saturated carbocycles. The third-order valence-electron chi connectivity index (χ3n) is 4.93. The van der Waals surface area contributed by atoms with E-state index in [1.807, 2.05) is 30.3 Å². The minimum Gasteiger partial charge on any atom is -0.483 e. The molecular weight excluding hydrogens is 398 g/mol. The van der Waals surface area contributed by atoms with Crippen molar-refractivity contribution in [2.45, 2.75) is 19.8 Å². The summed E-state index contributed by atoms with van der Waals surface area (Å²) >= 11 is 0. The highest BCUT2D eigenvalue weighted by Gasteiger charge is 2.17. The lowest BCUT2D eigenvalue weighted by molar-refractivity contribution is 0.0463. The maximum atomic E-state index is 12.4. The van der Waals surface area contributed by atoms with Gasteiger partial charge in [0, 0.05) is 25.3 Å². The van der Waals surface area contributed by atoms with E-state index < -0.39 is 5.97 Å². The van der Waals surface area contributed by atoms with E-state index in [0.29, 0.717) is 23.5 Å². The molecule has 0 bridgehead atoms. The van der Waals surface area contributed by atoms with Gasteiger partial charge in [-0.25, -0.2) is 9.59 Å². The molecule has 1 aliphatic rings. The molecule has 1 aromatic heterocycles. The number of aryl methyl sites for hydroxylation is 1. The molecule has 0 atom stereocenters. The second-order valence-corrected chi connectivity index (χ2v) is 7.13. The number of nitrogens with zero attached hydrogens (tertiary/aromatic N) is 1. The zero-order chi connectivity index (χ0) is 21.8. The number of fused-ring (bicyclic) bond motifs is 1. The van der Waals surface area contributed by atoms with Crippen LogP contribution >= 0.6 is 0 Å². The quantitative estimate of drug-likeness (QED) is 0.599. The maximum Gasteiger partial charge on any atom is 0.338 e. The summed E-state index contributed by atoms with van der Waals surface area (Å²) in [6, 6.07) is 15.6. The number of nitrogens with one attached hydrogen (secondary N) is 2. The van der Waals surface area contributed by atoms with E-state index in [-0.39, 0.29) is 30.4 Å². The molecule has 2 N–H and O–H groups in total. The topological polar surface area (TPSA) is 98.7 Å². The number of rotatable bonds is 6. The van der Waals surface area contributed by atoms with Gasteiger partial charge >= 0.3 is 12.0 Å². The first-order valence-electron chi connectivity index (χ1n) is 9.71. The number of esters is 1. The van der Waals surface area contributed by atoms with Crippen LogP contribution in [0.3, 0.4) is 0 Å². The number of carbonyl (C=O) groups is 2. The van der Waals surface area contributed by atoms with Gasteiger partial charge in [0.05, 0.1) is 17.5 Å². The molecule has 0 radical (unpaired) electrons. The summed E-state index contributed by atoms with van der Waals surface area (Å²) in [4.78, 5) is 36.3. The largest absolute Gasteiger partial charge is 0.483 e. The Morgan fingerprint density at radius 1 is 1.06 bits per heavy atom. The van der Waals surface area contributed by atoms with E-state index in [2.05, 4.69) is 10.6 Å².